The number of nitrogens with two attached hydrogens (primary N) is 1. The number of benzene rings is 1. The lowest BCUT2D eigenvalue weighted by Crippen LogP contribution is -2.35. The van der Waals surface area contributed by atoms with E-state index in [-0.39, 0.29) is 0 Å². The summed E-state index contributed by atoms with van der Waals surface area (Å²) in [6.07, 6.45) is 6.84. The molecule has 0 saturated heterocycles. The maximum atomic E-state index is 6.52. The van der Waals surface area contributed by atoms with Gasteiger partial charge in [0.25, 0.3) is 0 Å². The van der Waals surface area contributed by atoms with Crippen molar-refractivity contribution in [1.82, 2.24) is 0 Å². The first-order chi connectivity index (χ1) is 8.63. The smallest absolute Gasteiger partial charge is 0.0111 e. The molecular formula is C17H25N. The van der Waals surface area contributed by atoms with E-state index in [1.54, 1.807) is 0 Å². The summed E-state index contributed by atoms with van der Waals surface area (Å²) >= 11 is 0. The molecule has 2 fully saturated rings. The Morgan fingerprint density at radius 2 is 2.06 bits per heavy atom. The molecule has 0 amide bonds. The summed E-state index contributed by atoms with van der Waals surface area (Å²) < 4.78 is 0. The van der Waals surface area contributed by atoms with Crippen molar-refractivity contribution in [1.29, 1.82) is 0 Å². The fourth-order valence-electron chi connectivity index (χ4n) is 4.24. The zero-order valence-corrected chi connectivity index (χ0v) is 11.7. The Morgan fingerprint density at radius 3 is 2.72 bits per heavy atom. The molecule has 1 heteroatoms. The third-order valence-electron chi connectivity index (χ3n) is 5.30. The van der Waals surface area contributed by atoms with E-state index >= 15 is 0 Å². The Hall–Kier alpha value is -0.820. The highest BCUT2D eigenvalue weighted by Crippen LogP contribution is 2.49. The van der Waals surface area contributed by atoms with E-state index in [0.717, 1.165) is 24.2 Å². The van der Waals surface area contributed by atoms with Gasteiger partial charge in [0.1, 0.15) is 0 Å². The minimum Gasteiger partial charge on any atom is -0.327 e. The first-order valence-corrected chi connectivity index (χ1v) is 7.45. The lowest BCUT2D eigenvalue weighted by atomic mass is 9.81. The van der Waals surface area contributed by atoms with Crippen molar-refractivity contribution in [2.24, 2.45) is 23.5 Å². The van der Waals surface area contributed by atoms with Gasteiger partial charge in [-0.25, -0.2) is 0 Å². The van der Waals surface area contributed by atoms with Gasteiger partial charge in [-0.05, 0) is 68.4 Å². The van der Waals surface area contributed by atoms with E-state index in [1.807, 2.05) is 0 Å². The van der Waals surface area contributed by atoms with Crippen LogP contribution in [-0.2, 0) is 6.42 Å². The van der Waals surface area contributed by atoms with Crippen molar-refractivity contribution >= 4 is 0 Å². The van der Waals surface area contributed by atoms with E-state index < -0.39 is 0 Å². The van der Waals surface area contributed by atoms with E-state index in [4.69, 9.17) is 5.73 Å². The van der Waals surface area contributed by atoms with Crippen LogP contribution in [0.5, 0.6) is 0 Å². The van der Waals surface area contributed by atoms with Gasteiger partial charge in [0, 0.05) is 6.04 Å². The second-order valence-corrected chi connectivity index (χ2v) is 6.64. The van der Waals surface area contributed by atoms with Gasteiger partial charge in [-0.2, -0.15) is 0 Å². The van der Waals surface area contributed by atoms with Crippen molar-refractivity contribution < 1.29 is 0 Å². The van der Waals surface area contributed by atoms with Crippen LogP contribution < -0.4 is 5.73 Å². The van der Waals surface area contributed by atoms with Crippen molar-refractivity contribution in [3.8, 4) is 0 Å². The predicted octanol–water partition coefficient (Wildman–Crippen LogP) is 3.61. The van der Waals surface area contributed by atoms with Crippen LogP contribution in [0.3, 0.4) is 0 Å². The molecule has 2 N–H and O–H groups in total. The number of aryl methyl sites for hydroxylation is 2. The highest BCUT2D eigenvalue weighted by molar-refractivity contribution is 5.31. The van der Waals surface area contributed by atoms with Gasteiger partial charge in [-0.3, -0.25) is 0 Å². The van der Waals surface area contributed by atoms with Crippen molar-refractivity contribution in [2.75, 3.05) is 0 Å². The molecule has 0 aliphatic heterocycles. The lowest BCUT2D eigenvalue weighted by molar-refractivity contribution is 0.280. The monoisotopic (exact) mass is 243 g/mol. The van der Waals surface area contributed by atoms with Crippen LogP contribution in [0.25, 0.3) is 0 Å². The van der Waals surface area contributed by atoms with Crippen molar-refractivity contribution in [3.05, 3.63) is 34.9 Å². The van der Waals surface area contributed by atoms with Crippen LogP contribution in [0.4, 0.5) is 0 Å². The molecule has 2 aliphatic carbocycles. The zero-order chi connectivity index (χ0) is 12.7. The summed E-state index contributed by atoms with van der Waals surface area (Å²) in [5.74, 6) is 2.74. The van der Waals surface area contributed by atoms with Gasteiger partial charge in [-0.1, -0.05) is 30.2 Å². The number of hydrogen-bond acceptors (Lipinski definition) is 1. The maximum absolute atomic E-state index is 6.52. The van der Waals surface area contributed by atoms with Gasteiger partial charge in [-0.15, -0.1) is 0 Å². The average Bonchev–Trinajstić information content (AvgIpc) is 2.96. The Balaban J connectivity index is 1.70. The second-order valence-electron chi connectivity index (χ2n) is 6.64. The standard InChI is InChI=1S/C17H25N/c1-11-3-4-12(2)15(7-11)10-17(18)16-9-13-5-6-14(16)8-13/h3-4,7,13-14,16-17H,5-6,8-10,18H2,1-2H3. The minimum atomic E-state index is 0.376. The van der Waals surface area contributed by atoms with Crippen molar-refractivity contribution in [2.45, 2.75) is 52.0 Å². The molecular weight excluding hydrogens is 218 g/mol. The molecule has 0 radical (unpaired) electrons. The fraction of sp³-hybridized carbons (Fsp3) is 0.647. The average molecular weight is 243 g/mol. The molecule has 4 unspecified atom stereocenters. The largest absolute Gasteiger partial charge is 0.327 e. The number of fused-ring (bicyclic) bond motifs is 2. The van der Waals surface area contributed by atoms with Crippen LogP contribution in [-0.4, -0.2) is 6.04 Å². The van der Waals surface area contributed by atoms with E-state index in [0.29, 0.717) is 6.04 Å². The molecule has 0 aromatic heterocycles. The van der Waals surface area contributed by atoms with Crippen LogP contribution in [0.15, 0.2) is 18.2 Å². The quantitative estimate of drug-likeness (QED) is 0.862. The molecule has 4 atom stereocenters. The predicted molar refractivity (Wildman–Crippen MR) is 76.5 cm³/mol. The SMILES string of the molecule is Cc1ccc(C)c(CC(N)C2CC3CCC2C3)c1. The van der Waals surface area contributed by atoms with Crippen LogP contribution >= 0.6 is 0 Å². The van der Waals surface area contributed by atoms with Gasteiger partial charge in [0.2, 0.25) is 0 Å². The molecule has 18 heavy (non-hydrogen) atoms. The molecule has 1 nitrogen and oxygen atoms in total. The van der Waals surface area contributed by atoms with Crippen LogP contribution in [0.2, 0.25) is 0 Å². The lowest BCUT2D eigenvalue weighted by Gasteiger charge is -2.28. The molecule has 1 aromatic rings. The van der Waals surface area contributed by atoms with Gasteiger partial charge >= 0.3 is 0 Å². The van der Waals surface area contributed by atoms with E-state index in [1.165, 1.54) is 42.4 Å². The first-order valence-electron chi connectivity index (χ1n) is 7.45. The normalized spacial score (nSPS) is 31.8. The topological polar surface area (TPSA) is 26.0 Å². The third-order valence-corrected chi connectivity index (χ3v) is 5.30. The molecule has 3 rings (SSSR count). The molecule has 98 valence electrons. The molecule has 0 spiro atoms. The first kappa shape index (κ1) is 12.2. The summed E-state index contributed by atoms with van der Waals surface area (Å²) in [5.41, 5.74) is 10.7. The van der Waals surface area contributed by atoms with E-state index in [9.17, 15) is 0 Å². The molecule has 0 heterocycles. The Morgan fingerprint density at radius 1 is 1.22 bits per heavy atom. The van der Waals surface area contributed by atoms with Crippen LogP contribution in [0, 0.1) is 31.6 Å². The summed E-state index contributed by atoms with van der Waals surface area (Å²) in [6.45, 7) is 4.38. The Kier molecular flexibility index (Phi) is 3.19. The summed E-state index contributed by atoms with van der Waals surface area (Å²) in [7, 11) is 0. The maximum Gasteiger partial charge on any atom is 0.0111 e. The highest BCUT2D eigenvalue weighted by atomic mass is 14.7. The minimum absolute atomic E-state index is 0.376. The fourth-order valence-corrected chi connectivity index (χ4v) is 4.24. The number of hydrogen-bond donors (Lipinski definition) is 1. The summed E-state index contributed by atoms with van der Waals surface area (Å²) in [5, 5.41) is 0. The Bertz CT molecular complexity index is 437. The van der Waals surface area contributed by atoms with Crippen LogP contribution in [0.1, 0.15) is 42.4 Å². The second kappa shape index (κ2) is 4.70. The molecule has 2 aliphatic rings. The third kappa shape index (κ3) is 2.21. The summed E-state index contributed by atoms with van der Waals surface area (Å²) in [4.78, 5) is 0. The van der Waals surface area contributed by atoms with E-state index in [2.05, 4.69) is 32.0 Å². The molecule has 1 aromatic carbocycles. The molecule has 2 saturated carbocycles. The zero-order valence-electron chi connectivity index (χ0n) is 11.7. The number of rotatable bonds is 3. The molecule has 2 bridgehead atoms. The highest BCUT2D eigenvalue weighted by Gasteiger charge is 2.41. The summed E-state index contributed by atoms with van der Waals surface area (Å²) in [6, 6.07) is 7.13. The Labute approximate surface area is 111 Å². The van der Waals surface area contributed by atoms with Crippen molar-refractivity contribution in [3.63, 3.8) is 0 Å². The van der Waals surface area contributed by atoms with Gasteiger partial charge < -0.3 is 5.73 Å². The van der Waals surface area contributed by atoms with Gasteiger partial charge in [0.15, 0.2) is 0 Å². The van der Waals surface area contributed by atoms with Gasteiger partial charge in [0.05, 0.1) is 0 Å².